The van der Waals surface area contributed by atoms with E-state index >= 15 is 0 Å². The molecule has 176 valence electrons. The molecule has 2 aromatic heterocycles. The van der Waals surface area contributed by atoms with Gasteiger partial charge in [-0.05, 0) is 57.9 Å². The van der Waals surface area contributed by atoms with E-state index in [1.54, 1.807) is 23.6 Å². The van der Waals surface area contributed by atoms with Gasteiger partial charge in [-0.25, -0.2) is 17.9 Å². The molecule has 1 N–H and O–H groups in total. The number of nitrogens with zero attached hydrogens (tertiary/aromatic N) is 5. The molecular formula is C21H26N6O4S2. The summed E-state index contributed by atoms with van der Waals surface area (Å²) in [6.45, 7) is 6.91. The number of nitrogens with one attached hydrogen (secondary N) is 1. The third-order valence-electron chi connectivity index (χ3n) is 5.14. The van der Waals surface area contributed by atoms with Crippen LogP contribution in [-0.2, 0) is 14.8 Å². The first-order chi connectivity index (χ1) is 15.8. The molecular weight excluding hydrogens is 464 g/mol. The van der Waals surface area contributed by atoms with Crippen LogP contribution in [0.15, 0.2) is 34.3 Å². The molecule has 4 rings (SSSR count). The third kappa shape index (κ3) is 5.12. The zero-order chi connectivity index (χ0) is 23.6. The summed E-state index contributed by atoms with van der Waals surface area (Å²) in [6, 6.07) is 6.58. The molecule has 0 saturated carbocycles. The van der Waals surface area contributed by atoms with Gasteiger partial charge in [-0.15, -0.1) is 5.10 Å². The van der Waals surface area contributed by atoms with Crippen molar-refractivity contribution >= 4 is 39.2 Å². The fraction of sp³-hybridized carbons (Fsp3) is 0.429. The molecule has 1 aromatic carbocycles. The second-order valence-electron chi connectivity index (χ2n) is 7.69. The molecule has 3 heterocycles. The molecule has 0 unspecified atom stereocenters. The Balaban J connectivity index is 1.48. The Morgan fingerprint density at radius 1 is 1.18 bits per heavy atom. The fourth-order valence-electron chi connectivity index (χ4n) is 3.67. The van der Waals surface area contributed by atoms with Crippen LogP contribution in [0.4, 0.5) is 5.69 Å². The minimum atomic E-state index is -3.71. The Labute approximate surface area is 196 Å². The number of benzene rings is 1. The maximum atomic E-state index is 13.1. The van der Waals surface area contributed by atoms with Crippen molar-refractivity contribution in [2.45, 2.75) is 43.7 Å². The number of sulfonamides is 1. The maximum absolute atomic E-state index is 13.1. The minimum absolute atomic E-state index is 0.0654. The van der Waals surface area contributed by atoms with E-state index in [1.807, 2.05) is 19.9 Å². The van der Waals surface area contributed by atoms with E-state index in [-0.39, 0.29) is 22.3 Å². The number of ether oxygens (including phenoxy) is 1. The molecule has 1 saturated heterocycles. The van der Waals surface area contributed by atoms with E-state index in [1.165, 1.54) is 22.1 Å². The number of aryl methyl sites for hydroxylation is 2. The quantitative estimate of drug-likeness (QED) is 0.479. The Kier molecular flexibility index (Phi) is 6.86. The summed E-state index contributed by atoms with van der Waals surface area (Å²) in [5.74, 6) is 0.534. The van der Waals surface area contributed by atoms with Crippen molar-refractivity contribution in [1.82, 2.24) is 23.9 Å². The molecule has 10 nitrogen and oxygen atoms in total. The van der Waals surface area contributed by atoms with Gasteiger partial charge in [-0.2, -0.15) is 9.29 Å². The Bertz CT molecular complexity index is 1290. The normalized spacial score (nSPS) is 14.6. The second-order valence-corrected chi connectivity index (χ2v) is 10.5. The number of hydrogen-bond acceptors (Lipinski definition) is 8. The summed E-state index contributed by atoms with van der Waals surface area (Å²) in [5.41, 5.74) is 2.14. The number of thioether (sulfide) groups is 1. The van der Waals surface area contributed by atoms with E-state index in [2.05, 4.69) is 20.4 Å². The lowest BCUT2D eigenvalue weighted by atomic mass is 10.3. The van der Waals surface area contributed by atoms with Crippen LogP contribution in [0.3, 0.4) is 0 Å². The summed E-state index contributed by atoms with van der Waals surface area (Å²) in [5, 5.41) is 7.58. The Morgan fingerprint density at radius 3 is 2.67 bits per heavy atom. The highest BCUT2D eigenvalue weighted by Gasteiger charge is 2.30. The van der Waals surface area contributed by atoms with E-state index < -0.39 is 10.0 Å². The molecule has 3 aromatic rings. The lowest BCUT2D eigenvalue weighted by Gasteiger charge is -2.19. The molecule has 1 aliphatic heterocycles. The number of aromatic nitrogens is 4. The first kappa shape index (κ1) is 23.5. The zero-order valence-corrected chi connectivity index (χ0v) is 20.4. The number of carbonyl (C=O) groups excluding carboxylic acids is 1. The van der Waals surface area contributed by atoms with Crippen molar-refractivity contribution in [3.05, 3.63) is 35.7 Å². The molecule has 1 fully saturated rings. The molecule has 0 radical (unpaired) electrons. The van der Waals surface area contributed by atoms with Gasteiger partial charge in [0.2, 0.25) is 21.1 Å². The Hall–Kier alpha value is -2.70. The van der Waals surface area contributed by atoms with Crippen molar-refractivity contribution in [3.8, 4) is 5.75 Å². The number of rotatable bonds is 8. The molecule has 0 aliphatic carbocycles. The van der Waals surface area contributed by atoms with Crippen molar-refractivity contribution in [1.29, 1.82) is 0 Å². The summed E-state index contributed by atoms with van der Waals surface area (Å²) < 4.78 is 34.9. The summed E-state index contributed by atoms with van der Waals surface area (Å²) >= 11 is 1.18. The summed E-state index contributed by atoms with van der Waals surface area (Å²) in [7, 11) is -3.71. The van der Waals surface area contributed by atoms with Gasteiger partial charge in [0.15, 0.2) is 0 Å². The zero-order valence-electron chi connectivity index (χ0n) is 18.7. The van der Waals surface area contributed by atoms with Gasteiger partial charge in [0.1, 0.15) is 10.6 Å². The molecule has 33 heavy (non-hydrogen) atoms. The lowest BCUT2D eigenvalue weighted by Crippen LogP contribution is -2.28. The average molecular weight is 491 g/mol. The van der Waals surface area contributed by atoms with Crippen molar-refractivity contribution < 1.29 is 17.9 Å². The first-order valence-electron chi connectivity index (χ1n) is 10.7. The van der Waals surface area contributed by atoms with E-state index in [0.717, 1.165) is 24.2 Å². The van der Waals surface area contributed by atoms with Crippen molar-refractivity contribution in [2.75, 3.05) is 30.8 Å². The minimum Gasteiger partial charge on any atom is -0.492 e. The van der Waals surface area contributed by atoms with Crippen LogP contribution < -0.4 is 10.1 Å². The standard InChI is InChI=1S/C21H26N6O4S2/c1-4-31-17-8-7-16(12-18(17)33(29,30)26-9-5-6-10-26)23-19(28)13-32-21-24-20-22-14(2)11-15(3)27(20)25-21/h7-8,11-12H,4-6,9-10,13H2,1-3H3,(H,23,28). The largest absolute Gasteiger partial charge is 0.492 e. The van der Waals surface area contributed by atoms with Crippen molar-refractivity contribution in [2.24, 2.45) is 0 Å². The third-order valence-corrected chi connectivity index (χ3v) is 7.90. The second kappa shape index (κ2) is 9.65. The molecule has 12 heteroatoms. The number of fused-ring (bicyclic) bond motifs is 1. The highest BCUT2D eigenvalue weighted by atomic mass is 32.2. The van der Waals surface area contributed by atoms with Gasteiger partial charge in [-0.1, -0.05) is 11.8 Å². The molecule has 0 bridgehead atoms. The molecule has 0 spiro atoms. The van der Waals surface area contributed by atoms with Gasteiger partial charge in [-0.3, -0.25) is 4.79 Å². The number of anilines is 1. The van der Waals surface area contributed by atoms with Gasteiger partial charge in [0.25, 0.3) is 5.78 Å². The van der Waals surface area contributed by atoms with Gasteiger partial charge < -0.3 is 10.1 Å². The predicted molar refractivity (Wildman–Crippen MR) is 125 cm³/mol. The highest BCUT2D eigenvalue weighted by Crippen LogP contribution is 2.31. The van der Waals surface area contributed by atoms with E-state index in [4.69, 9.17) is 4.74 Å². The van der Waals surface area contributed by atoms with Crippen LogP contribution >= 0.6 is 11.8 Å². The summed E-state index contributed by atoms with van der Waals surface area (Å²) in [4.78, 5) is 21.3. The monoisotopic (exact) mass is 490 g/mol. The van der Waals surface area contributed by atoms with Crippen LogP contribution in [0.1, 0.15) is 31.2 Å². The van der Waals surface area contributed by atoms with Crippen LogP contribution in [0.2, 0.25) is 0 Å². The van der Waals surface area contributed by atoms with Crippen LogP contribution in [-0.4, -0.2) is 63.7 Å². The Morgan fingerprint density at radius 2 is 1.94 bits per heavy atom. The maximum Gasteiger partial charge on any atom is 0.253 e. The lowest BCUT2D eigenvalue weighted by molar-refractivity contribution is -0.113. The fourth-order valence-corrected chi connectivity index (χ4v) is 5.96. The smallest absolute Gasteiger partial charge is 0.253 e. The van der Waals surface area contributed by atoms with Gasteiger partial charge in [0.05, 0.1) is 12.4 Å². The molecule has 1 aliphatic rings. The van der Waals surface area contributed by atoms with Crippen LogP contribution in [0.25, 0.3) is 5.78 Å². The number of hydrogen-bond donors (Lipinski definition) is 1. The topological polar surface area (TPSA) is 119 Å². The van der Waals surface area contributed by atoms with Gasteiger partial charge >= 0.3 is 0 Å². The molecule has 1 amide bonds. The average Bonchev–Trinajstić information content (AvgIpc) is 3.44. The SMILES string of the molecule is CCOc1ccc(NC(=O)CSc2nc3nc(C)cc(C)n3n2)cc1S(=O)(=O)N1CCCC1. The predicted octanol–water partition coefficient (Wildman–Crippen LogP) is 2.66. The van der Waals surface area contributed by atoms with Crippen molar-refractivity contribution in [3.63, 3.8) is 0 Å². The van der Waals surface area contributed by atoms with E-state index in [0.29, 0.717) is 36.3 Å². The number of carbonyl (C=O) groups is 1. The molecule has 0 atom stereocenters. The summed E-state index contributed by atoms with van der Waals surface area (Å²) in [6.07, 6.45) is 1.67. The first-order valence-corrected chi connectivity index (χ1v) is 13.1. The number of amides is 1. The van der Waals surface area contributed by atoms with Crippen LogP contribution in [0.5, 0.6) is 5.75 Å². The van der Waals surface area contributed by atoms with Gasteiger partial charge in [0, 0.05) is 30.2 Å². The highest BCUT2D eigenvalue weighted by molar-refractivity contribution is 7.99. The van der Waals surface area contributed by atoms with Crippen LogP contribution in [0, 0.1) is 13.8 Å². The van der Waals surface area contributed by atoms with E-state index in [9.17, 15) is 13.2 Å².